The van der Waals surface area contributed by atoms with Crippen molar-refractivity contribution < 1.29 is 0 Å². The fourth-order valence-electron chi connectivity index (χ4n) is 2.46. The van der Waals surface area contributed by atoms with E-state index in [1.165, 1.54) is 12.8 Å². The second-order valence-electron chi connectivity index (χ2n) is 4.52. The molecule has 0 aromatic heterocycles. The molecule has 5 heteroatoms. The van der Waals surface area contributed by atoms with Gasteiger partial charge in [0.1, 0.15) is 0 Å². The lowest BCUT2D eigenvalue weighted by Gasteiger charge is -2.25. The number of halogens is 3. The standard InChI is InChI=1S/C13H18Cl2N2.ClH/c1-16-8-10-4-3-7-17(10)9-11-12(14)5-2-6-13(11)15;/h2,5-6,10,16H,3-4,7-9H2,1H3;1H. The van der Waals surface area contributed by atoms with E-state index in [4.69, 9.17) is 23.2 Å². The largest absolute Gasteiger partial charge is 0.318 e. The summed E-state index contributed by atoms with van der Waals surface area (Å²) in [6.45, 7) is 3.01. The highest BCUT2D eigenvalue weighted by Gasteiger charge is 2.24. The molecule has 1 aliphatic rings. The highest BCUT2D eigenvalue weighted by molar-refractivity contribution is 6.35. The topological polar surface area (TPSA) is 15.3 Å². The summed E-state index contributed by atoms with van der Waals surface area (Å²) >= 11 is 12.4. The summed E-state index contributed by atoms with van der Waals surface area (Å²) in [7, 11) is 2.00. The SMILES string of the molecule is CNCC1CCCN1Cc1c(Cl)cccc1Cl.Cl. The minimum absolute atomic E-state index is 0. The minimum Gasteiger partial charge on any atom is -0.318 e. The molecule has 0 saturated carbocycles. The molecule has 1 unspecified atom stereocenters. The molecule has 1 atom stereocenters. The van der Waals surface area contributed by atoms with Gasteiger partial charge in [0.15, 0.2) is 0 Å². The third-order valence-corrected chi connectivity index (χ3v) is 4.07. The molecular formula is C13H19Cl3N2. The van der Waals surface area contributed by atoms with Gasteiger partial charge in [-0.1, -0.05) is 29.3 Å². The Hall–Kier alpha value is 0.01000. The highest BCUT2D eigenvalue weighted by Crippen LogP contribution is 2.28. The van der Waals surface area contributed by atoms with Gasteiger partial charge in [-0.05, 0) is 38.6 Å². The Labute approximate surface area is 125 Å². The van der Waals surface area contributed by atoms with Gasteiger partial charge < -0.3 is 5.32 Å². The smallest absolute Gasteiger partial charge is 0.0465 e. The molecule has 0 spiro atoms. The van der Waals surface area contributed by atoms with Crippen molar-refractivity contribution in [3.05, 3.63) is 33.8 Å². The van der Waals surface area contributed by atoms with Crippen LogP contribution in [-0.2, 0) is 6.54 Å². The van der Waals surface area contributed by atoms with Crippen LogP contribution >= 0.6 is 35.6 Å². The lowest BCUT2D eigenvalue weighted by Crippen LogP contribution is -2.36. The summed E-state index contributed by atoms with van der Waals surface area (Å²) in [5.74, 6) is 0. The molecular weight excluding hydrogens is 291 g/mol. The molecule has 0 amide bonds. The van der Waals surface area contributed by atoms with Crippen molar-refractivity contribution >= 4 is 35.6 Å². The molecule has 0 aliphatic carbocycles. The normalized spacial score (nSPS) is 19.8. The van der Waals surface area contributed by atoms with Gasteiger partial charge in [0, 0.05) is 34.7 Å². The molecule has 102 valence electrons. The monoisotopic (exact) mass is 308 g/mol. The summed E-state index contributed by atoms with van der Waals surface area (Å²) in [4.78, 5) is 2.46. The van der Waals surface area contributed by atoms with Crippen molar-refractivity contribution in [3.63, 3.8) is 0 Å². The van der Waals surface area contributed by atoms with Gasteiger partial charge in [-0.3, -0.25) is 4.90 Å². The summed E-state index contributed by atoms with van der Waals surface area (Å²) < 4.78 is 0. The van der Waals surface area contributed by atoms with Gasteiger partial charge in [-0.2, -0.15) is 0 Å². The minimum atomic E-state index is 0. The maximum absolute atomic E-state index is 6.21. The summed E-state index contributed by atoms with van der Waals surface area (Å²) in [5.41, 5.74) is 1.05. The van der Waals surface area contributed by atoms with E-state index in [2.05, 4.69) is 10.2 Å². The average Bonchev–Trinajstić information content (AvgIpc) is 2.72. The number of likely N-dealkylation sites (tertiary alicyclic amines) is 1. The number of hydrogen-bond acceptors (Lipinski definition) is 2. The van der Waals surface area contributed by atoms with Gasteiger partial charge >= 0.3 is 0 Å². The van der Waals surface area contributed by atoms with Gasteiger partial charge in [0.25, 0.3) is 0 Å². The lowest BCUT2D eigenvalue weighted by atomic mass is 10.2. The van der Waals surface area contributed by atoms with Crippen LogP contribution in [0.1, 0.15) is 18.4 Å². The number of benzene rings is 1. The number of hydrogen-bond donors (Lipinski definition) is 1. The Morgan fingerprint density at radius 3 is 2.61 bits per heavy atom. The maximum atomic E-state index is 6.21. The van der Waals surface area contributed by atoms with Crippen molar-refractivity contribution in [2.24, 2.45) is 0 Å². The summed E-state index contributed by atoms with van der Waals surface area (Å²) in [6, 6.07) is 6.31. The number of rotatable bonds is 4. The van der Waals surface area contributed by atoms with Gasteiger partial charge in [0.2, 0.25) is 0 Å². The molecule has 1 aromatic rings. The molecule has 1 heterocycles. The molecule has 1 aliphatic heterocycles. The van der Waals surface area contributed by atoms with Gasteiger partial charge in [-0.15, -0.1) is 12.4 Å². The van der Waals surface area contributed by atoms with E-state index in [0.29, 0.717) is 6.04 Å². The van der Waals surface area contributed by atoms with Crippen LogP contribution in [0.3, 0.4) is 0 Å². The molecule has 2 nitrogen and oxygen atoms in total. The predicted octanol–water partition coefficient (Wildman–Crippen LogP) is 3.60. The van der Waals surface area contributed by atoms with E-state index in [1.54, 1.807) is 0 Å². The van der Waals surface area contributed by atoms with Crippen LogP contribution in [0.2, 0.25) is 10.0 Å². The Morgan fingerprint density at radius 1 is 1.33 bits per heavy atom. The molecule has 1 saturated heterocycles. The fourth-order valence-corrected chi connectivity index (χ4v) is 2.97. The predicted molar refractivity (Wildman–Crippen MR) is 81.1 cm³/mol. The zero-order valence-corrected chi connectivity index (χ0v) is 12.8. The van der Waals surface area contributed by atoms with Crippen molar-refractivity contribution in [3.8, 4) is 0 Å². The van der Waals surface area contributed by atoms with Crippen molar-refractivity contribution in [2.45, 2.75) is 25.4 Å². The third kappa shape index (κ3) is 3.75. The quantitative estimate of drug-likeness (QED) is 0.914. The van der Waals surface area contributed by atoms with Crippen LogP contribution in [0.4, 0.5) is 0 Å². The van der Waals surface area contributed by atoms with Crippen LogP contribution in [0.15, 0.2) is 18.2 Å². The van der Waals surface area contributed by atoms with E-state index in [1.807, 2.05) is 25.2 Å². The molecule has 2 rings (SSSR count). The van der Waals surface area contributed by atoms with E-state index in [-0.39, 0.29) is 12.4 Å². The first-order valence-corrected chi connectivity index (χ1v) is 6.79. The summed E-state index contributed by atoms with van der Waals surface area (Å²) in [5, 5.41) is 4.79. The Balaban J connectivity index is 0.00000162. The second-order valence-corrected chi connectivity index (χ2v) is 5.34. The highest BCUT2D eigenvalue weighted by atomic mass is 35.5. The zero-order chi connectivity index (χ0) is 12.3. The first-order valence-electron chi connectivity index (χ1n) is 6.04. The van der Waals surface area contributed by atoms with E-state index < -0.39 is 0 Å². The first kappa shape index (κ1) is 16.1. The Morgan fingerprint density at radius 2 is 2.00 bits per heavy atom. The molecule has 18 heavy (non-hydrogen) atoms. The van der Waals surface area contributed by atoms with Crippen LogP contribution in [0.25, 0.3) is 0 Å². The van der Waals surface area contributed by atoms with Gasteiger partial charge in [0.05, 0.1) is 0 Å². The van der Waals surface area contributed by atoms with Crippen molar-refractivity contribution in [2.75, 3.05) is 20.1 Å². The fraction of sp³-hybridized carbons (Fsp3) is 0.538. The third-order valence-electron chi connectivity index (χ3n) is 3.36. The zero-order valence-electron chi connectivity index (χ0n) is 10.5. The average molecular weight is 310 g/mol. The van der Waals surface area contributed by atoms with Crippen LogP contribution in [0.5, 0.6) is 0 Å². The molecule has 0 bridgehead atoms. The van der Waals surface area contributed by atoms with Crippen molar-refractivity contribution in [1.82, 2.24) is 10.2 Å². The van der Waals surface area contributed by atoms with Crippen LogP contribution < -0.4 is 5.32 Å². The number of likely N-dealkylation sites (N-methyl/N-ethyl adjacent to an activating group) is 1. The second kappa shape index (κ2) is 7.56. The van der Waals surface area contributed by atoms with E-state index in [9.17, 15) is 0 Å². The lowest BCUT2D eigenvalue weighted by molar-refractivity contribution is 0.242. The van der Waals surface area contributed by atoms with E-state index in [0.717, 1.165) is 35.2 Å². The van der Waals surface area contributed by atoms with Gasteiger partial charge in [-0.25, -0.2) is 0 Å². The maximum Gasteiger partial charge on any atom is 0.0465 e. The number of nitrogens with one attached hydrogen (secondary N) is 1. The van der Waals surface area contributed by atoms with Crippen LogP contribution in [0, 0.1) is 0 Å². The number of nitrogens with zero attached hydrogens (tertiary/aromatic N) is 1. The summed E-state index contributed by atoms with van der Waals surface area (Å²) in [6.07, 6.45) is 2.51. The first-order chi connectivity index (χ1) is 8.22. The van der Waals surface area contributed by atoms with E-state index >= 15 is 0 Å². The molecule has 0 radical (unpaired) electrons. The molecule has 1 fully saturated rings. The molecule has 1 aromatic carbocycles. The van der Waals surface area contributed by atoms with Crippen LogP contribution in [-0.4, -0.2) is 31.1 Å². The molecule has 1 N–H and O–H groups in total. The Kier molecular flexibility index (Phi) is 6.75. The van der Waals surface area contributed by atoms with Crippen molar-refractivity contribution in [1.29, 1.82) is 0 Å². The Bertz CT molecular complexity index is 364.